The van der Waals surface area contributed by atoms with Crippen LogP contribution in [-0.4, -0.2) is 43.7 Å². The smallest absolute Gasteiger partial charge is 0.223 e. The van der Waals surface area contributed by atoms with Gasteiger partial charge < -0.3 is 10.2 Å². The second-order valence-corrected chi connectivity index (χ2v) is 6.67. The number of hydrogen-bond acceptors (Lipinski definition) is 5. The highest BCUT2D eigenvalue weighted by molar-refractivity contribution is 5.76. The highest BCUT2D eigenvalue weighted by Gasteiger charge is 2.18. The van der Waals surface area contributed by atoms with Gasteiger partial charge in [0.15, 0.2) is 11.5 Å². The fraction of sp³-hybridized carbons (Fsp3) is 0.368. The van der Waals surface area contributed by atoms with Gasteiger partial charge in [0.1, 0.15) is 11.6 Å². The Bertz CT molecular complexity index is 933. The largest absolute Gasteiger partial charge is 0.365 e. The SMILES string of the molecule is O=C(CCc1nnc2ccc(NCc3ccc(F)cc3)nn12)N1CCCC1. The average molecular weight is 368 g/mol. The predicted octanol–water partition coefficient (Wildman–Crippen LogP) is 2.43. The molecule has 4 rings (SSSR count). The summed E-state index contributed by atoms with van der Waals surface area (Å²) in [6.07, 6.45) is 3.09. The van der Waals surface area contributed by atoms with Crippen molar-refractivity contribution in [3.05, 3.63) is 53.6 Å². The number of anilines is 1. The highest BCUT2D eigenvalue weighted by Crippen LogP contribution is 2.13. The average Bonchev–Trinajstić information content (AvgIpc) is 3.35. The van der Waals surface area contributed by atoms with Crippen molar-refractivity contribution in [1.29, 1.82) is 0 Å². The quantitative estimate of drug-likeness (QED) is 0.723. The van der Waals surface area contributed by atoms with Crippen LogP contribution in [0.4, 0.5) is 10.2 Å². The summed E-state index contributed by atoms with van der Waals surface area (Å²) in [5.74, 6) is 1.24. The molecule has 0 unspecified atom stereocenters. The van der Waals surface area contributed by atoms with E-state index in [0.717, 1.165) is 31.5 Å². The molecule has 1 saturated heterocycles. The van der Waals surface area contributed by atoms with E-state index >= 15 is 0 Å². The summed E-state index contributed by atoms with van der Waals surface area (Å²) in [5, 5.41) is 16.0. The summed E-state index contributed by atoms with van der Waals surface area (Å²) >= 11 is 0. The number of nitrogens with one attached hydrogen (secondary N) is 1. The van der Waals surface area contributed by atoms with Crippen LogP contribution >= 0.6 is 0 Å². The van der Waals surface area contributed by atoms with Gasteiger partial charge in [0.05, 0.1) is 0 Å². The molecule has 3 aromatic rings. The molecule has 0 aliphatic carbocycles. The molecule has 0 radical (unpaired) electrons. The minimum atomic E-state index is -0.254. The van der Waals surface area contributed by atoms with E-state index in [1.807, 2.05) is 17.0 Å². The molecule has 27 heavy (non-hydrogen) atoms. The first kappa shape index (κ1) is 17.4. The Balaban J connectivity index is 1.42. The van der Waals surface area contributed by atoms with E-state index < -0.39 is 0 Å². The number of hydrogen-bond donors (Lipinski definition) is 1. The van der Waals surface area contributed by atoms with Gasteiger partial charge in [0.25, 0.3) is 0 Å². The normalized spacial score (nSPS) is 14.0. The van der Waals surface area contributed by atoms with Gasteiger partial charge in [0, 0.05) is 32.5 Å². The molecule has 2 aromatic heterocycles. The van der Waals surface area contributed by atoms with Crippen LogP contribution in [0.1, 0.15) is 30.7 Å². The maximum atomic E-state index is 13.0. The number of rotatable bonds is 6. The third-order valence-electron chi connectivity index (χ3n) is 4.74. The number of carbonyl (C=O) groups is 1. The monoisotopic (exact) mass is 368 g/mol. The number of amides is 1. The minimum absolute atomic E-state index is 0.162. The van der Waals surface area contributed by atoms with E-state index in [4.69, 9.17) is 0 Å². The summed E-state index contributed by atoms with van der Waals surface area (Å²) in [6, 6.07) is 9.99. The zero-order chi connectivity index (χ0) is 18.6. The van der Waals surface area contributed by atoms with Crippen molar-refractivity contribution in [3.63, 3.8) is 0 Å². The number of likely N-dealkylation sites (tertiary alicyclic amines) is 1. The lowest BCUT2D eigenvalue weighted by Gasteiger charge is -2.14. The molecule has 1 aliphatic rings. The lowest BCUT2D eigenvalue weighted by molar-refractivity contribution is -0.130. The molecule has 140 valence electrons. The first-order valence-electron chi connectivity index (χ1n) is 9.16. The summed E-state index contributed by atoms with van der Waals surface area (Å²) in [4.78, 5) is 14.1. The molecule has 0 saturated carbocycles. The molecule has 0 bridgehead atoms. The molecule has 3 heterocycles. The summed E-state index contributed by atoms with van der Waals surface area (Å²) in [5.41, 5.74) is 1.60. The second-order valence-electron chi connectivity index (χ2n) is 6.67. The van der Waals surface area contributed by atoms with Gasteiger partial charge in [0.2, 0.25) is 5.91 Å². The number of aryl methyl sites for hydroxylation is 1. The van der Waals surface area contributed by atoms with Crippen LogP contribution < -0.4 is 5.32 Å². The number of halogens is 1. The summed E-state index contributed by atoms with van der Waals surface area (Å²) < 4.78 is 14.7. The van der Waals surface area contributed by atoms with Gasteiger partial charge in [-0.05, 0) is 42.7 Å². The number of benzene rings is 1. The van der Waals surface area contributed by atoms with E-state index in [2.05, 4.69) is 20.6 Å². The summed E-state index contributed by atoms with van der Waals surface area (Å²) in [7, 11) is 0. The number of nitrogens with zero attached hydrogens (tertiary/aromatic N) is 5. The van der Waals surface area contributed by atoms with Crippen molar-refractivity contribution in [3.8, 4) is 0 Å². The third-order valence-corrected chi connectivity index (χ3v) is 4.74. The lowest BCUT2D eigenvalue weighted by Crippen LogP contribution is -2.27. The molecule has 1 amide bonds. The maximum Gasteiger partial charge on any atom is 0.223 e. The first-order chi connectivity index (χ1) is 13.2. The van der Waals surface area contributed by atoms with Gasteiger partial charge in [-0.15, -0.1) is 15.3 Å². The van der Waals surface area contributed by atoms with Crippen LogP contribution in [0.15, 0.2) is 36.4 Å². The number of fused-ring (bicyclic) bond motifs is 1. The van der Waals surface area contributed by atoms with Gasteiger partial charge >= 0.3 is 0 Å². The van der Waals surface area contributed by atoms with E-state index in [0.29, 0.717) is 36.7 Å². The Morgan fingerprint density at radius 1 is 1.07 bits per heavy atom. The van der Waals surface area contributed by atoms with Gasteiger partial charge in [-0.25, -0.2) is 4.39 Å². The Morgan fingerprint density at radius 2 is 1.85 bits per heavy atom. The van der Waals surface area contributed by atoms with Gasteiger partial charge in [-0.2, -0.15) is 4.52 Å². The van der Waals surface area contributed by atoms with E-state index in [9.17, 15) is 9.18 Å². The van der Waals surface area contributed by atoms with Crippen molar-refractivity contribution < 1.29 is 9.18 Å². The number of carbonyl (C=O) groups excluding carboxylic acids is 1. The minimum Gasteiger partial charge on any atom is -0.365 e. The molecule has 1 aromatic carbocycles. The van der Waals surface area contributed by atoms with Crippen molar-refractivity contribution in [2.75, 3.05) is 18.4 Å². The van der Waals surface area contributed by atoms with Gasteiger partial charge in [-0.1, -0.05) is 12.1 Å². The lowest BCUT2D eigenvalue weighted by atomic mass is 10.2. The fourth-order valence-corrected chi connectivity index (χ4v) is 3.22. The van der Waals surface area contributed by atoms with Crippen molar-refractivity contribution >= 4 is 17.4 Å². The van der Waals surface area contributed by atoms with Crippen LogP contribution in [0.25, 0.3) is 5.65 Å². The van der Waals surface area contributed by atoms with E-state index in [-0.39, 0.29) is 11.7 Å². The topological polar surface area (TPSA) is 75.4 Å². The Hall–Kier alpha value is -3.03. The van der Waals surface area contributed by atoms with E-state index in [1.165, 1.54) is 12.1 Å². The second kappa shape index (κ2) is 7.69. The molecular formula is C19H21FN6O. The Labute approximate surface area is 156 Å². The van der Waals surface area contributed by atoms with Crippen LogP contribution in [0, 0.1) is 5.82 Å². The molecule has 1 fully saturated rings. The standard InChI is InChI=1S/C19H21FN6O/c20-15-5-3-14(4-6-15)13-21-16-7-8-17-22-23-18(26(17)24-16)9-10-19(27)25-11-1-2-12-25/h3-8H,1-2,9-13H2,(H,21,24). The molecule has 0 spiro atoms. The maximum absolute atomic E-state index is 13.0. The first-order valence-corrected chi connectivity index (χ1v) is 9.16. The molecule has 7 nitrogen and oxygen atoms in total. The van der Waals surface area contributed by atoms with E-state index in [1.54, 1.807) is 16.6 Å². The molecule has 1 aliphatic heterocycles. The summed E-state index contributed by atoms with van der Waals surface area (Å²) in [6.45, 7) is 2.24. The fourth-order valence-electron chi connectivity index (χ4n) is 3.22. The van der Waals surface area contributed by atoms with Crippen LogP contribution in [0.2, 0.25) is 0 Å². The molecule has 1 N–H and O–H groups in total. The molecule has 0 atom stereocenters. The Morgan fingerprint density at radius 3 is 2.63 bits per heavy atom. The van der Waals surface area contributed by atoms with Crippen molar-refractivity contribution in [1.82, 2.24) is 24.7 Å². The third kappa shape index (κ3) is 4.05. The zero-order valence-corrected chi connectivity index (χ0v) is 14.9. The van der Waals surface area contributed by atoms with Crippen molar-refractivity contribution in [2.24, 2.45) is 0 Å². The zero-order valence-electron chi connectivity index (χ0n) is 14.9. The molecule has 8 heteroatoms. The number of aromatic nitrogens is 4. The van der Waals surface area contributed by atoms with Gasteiger partial charge in [-0.3, -0.25) is 4.79 Å². The van der Waals surface area contributed by atoms with Crippen molar-refractivity contribution in [2.45, 2.75) is 32.2 Å². The predicted molar refractivity (Wildman–Crippen MR) is 98.6 cm³/mol. The Kier molecular flexibility index (Phi) is 4.95. The van der Waals surface area contributed by atoms with Crippen LogP contribution in [0.5, 0.6) is 0 Å². The van der Waals surface area contributed by atoms with Crippen LogP contribution in [-0.2, 0) is 17.8 Å². The van der Waals surface area contributed by atoms with Crippen LogP contribution in [0.3, 0.4) is 0 Å². The highest BCUT2D eigenvalue weighted by atomic mass is 19.1. The molecular weight excluding hydrogens is 347 g/mol.